The van der Waals surface area contributed by atoms with Gasteiger partial charge in [-0.15, -0.1) is 12.6 Å². The molecule has 0 radical (unpaired) electrons. The normalized spacial score (nSPS) is 38.2. The lowest BCUT2D eigenvalue weighted by atomic mass is 9.73. The molecule has 1 fully saturated rings. The Morgan fingerprint density at radius 2 is 1.70 bits per heavy atom. The predicted octanol–water partition coefficient (Wildman–Crippen LogP) is 5.00. The lowest BCUT2D eigenvalue weighted by Crippen LogP contribution is -2.44. The molecule has 2 atom stereocenters. The molecule has 1 saturated carbocycles. The van der Waals surface area contributed by atoms with Crippen molar-refractivity contribution in [3.63, 3.8) is 0 Å². The molecular formula is C18H27NS. The molecule has 2 aliphatic carbocycles. The molecule has 0 aromatic rings. The van der Waals surface area contributed by atoms with Gasteiger partial charge in [-0.1, -0.05) is 64.3 Å². The molecule has 0 bridgehead atoms. The third kappa shape index (κ3) is 3.60. The highest BCUT2D eigenvalue weighted by Gasteiger charge is 2.36. The first-order valence-electron chi connectivity index (χ1n) is 7.73. The first-order chi connectivity index (χ1) is 9.51. The van der Waals surface area contributed by atoms with Crippen LogP contribution >= 0.6 is 12.6 Å². The highest BCUT2D eigenvalue weighted by Crippen LogP contribution is 2.39. The Hall–Kier alpha value is -0.890. The smallest absolute Gasteiger partial charge is 0.0478 e. The van der Waals surface area contributed by atoms with Gasteiger partial charge in [0.2, 0.25) is 0 Å². The van der Waals surface area contributed by atoms with E-state index in [2.05, 4.69) is 63.0 Å². The predicted molar refractivity (Wildman–Crippen MR) is 91.8 cm³/mol. The Labute approximate surface area is 129 Å². The lowest BCUT2D eigenvalue weighted by molar-refractivity contribution is 0.164. The van der Waals surface area contributed by atoms with Crippen molar-refractivity contribution in [2.75, 3.05) is 0 Å². The van der Waals surface area contributed by atoms with Crippen molar-refractivity contribution in [2.24, 2.45) is 11.3 Å². The fourth-order valence-corrected chi connectivity index (χ4v) is 3.28. The zero-order chi connectivity index (χ0) is 14.6. The molecular weight excluding hydrogens is 262 g/mol. The van der Waals surface area contributed by atoms with Gasteiger partial charge in [0, 0.05) is 16.6 Å². The summed E-state index contributed by atoms with van der Waals surface area (Å²) >= 11 is 4.62. The van der Waals surface area contributed by atoms with E-state index in [9.17, 15) is 0 Å². The van der Waals surface area contributed by atoms with E-state index < -0.39 is 0 Å². The van der Waals surface area contributed by atoms with Gasteiger partial charge in [0.25, 0.3) is 0 Å². The molecule has 2 aliphatic rings. The standard InChI is InChI=1S/C18H27NS/c1-14-10-8-9-13-17(18(14,2)3)19-15-11-6-4-5-7-12-16(15)20/h4-7,11-12,14,17,19-20H,8-10,13H2,1-3H3/b5-4?,6-4-,7-5-,11-6?,12-7?,15-11+,16-12+,16-15?. The molecule has 0 saturated heterocycles. The van der Waals surface area contributed by atoms with Crippen molar-refractivity contribution in [3.05, 3.63) is 47.1 Å². The topological polar surface area (TPSA) is 12.0 Å². The van der Waals surface area contributed by atoms with Crippen LogP contribution in [0.1, 0.15) is 46.5 Å². The summed E-state index contributed by atoms with van der Waals surface area (Å²) in [7, 11) is 0. The largest absolute Gasteiger partial charge is 0.381 e. The molecule has 2 unspecified atom stereocenters. The summed E-state index contributed by atoms with van der Waals surface area (Å²) in [6, 6.07) is 0.513. The molecule has 0 spiro atoms. The van der Waals surface area contributed by atoms with Crippen LogP contribution in [0.2, 0.25) is 0 Å². The quantitative estimate of drug-likeness (QED) is 0.538. The van der Waals surface area contributed by atoms with Crippen LogP contribution in [0.5, 0.6) is 0 Å². The summed E-state index contributed by atoms with van der Waals surface area (Å²) in [4.78, 5) is 1.01. The number of rotatable bonds is 2. The molecule has 0 heterocycles. The Morgan fingerprint density at radius 3 is 2.45 bits per heavy atom. The molecule has 0 aliphatic heterocycles. The summed E-state index contributed by atoms with van der Waals surface area (Å²) in [5.74, 6) is 0.749. The van der Waals surface area contributed by atoms with Gasteiger partial charge in [0.05, 0.1) is 0 Å². The summed E-state index contributed by atoms with van der Waals surface area (Å²) in [6.45, 7) is 7.20. The van der Waals surface area contributed by atoms with Gasteiger partial charge >= 0.3 is 0 Å². The Bertz CT molecular complexity index is 454. The fourth-order valence-electron chi connectivity index (χ4n) is 3.06. The minimum absolute atomic E-state index is 0.313. The first kappa shape index (κ1) is 15.5. The lowest BCUT2D eigenvalue weighted by Gasteiger charge is -2.39. The van der Waals surface area contributed by atoms with Gasteiger partial charge in [0.1, 0.15) is 0 Å². The van der Waals surface area contributed by atoms with Crippen molar-refractivity contribution >= 4 is 12.6 Å². The van der Waals surface area contributed by atoms with E-state index >= 15 is 0 Å². The zero-order valence-electron chi connectivity index (χ0n) is 12.9. The van der Waals surface area contributed by atoms with Crippen LogP contribution in [0.25, 0.3) is 0 Å². The van der Waals surface area contributed by atoms with Crippen LogP contribution in [0.3, 0.4) is 0 Å². The fraction of sp³-hybridized carbons (Fsp3) is 0.556. The second-order valence-corrected chi connectivity index (χ2v) is 7.09. The average molecular weight is 289 g/mol. The number of allylic oxidation sites excluding steroid dienone is 6. The summed E-state index contributed by atoms with van der Waals surface area (Å²) in [6.07, 6.45) is 17.6. The van der Waals surface area contributed by atoms with Gasteiger partial charge in [-0.2, -0.15) is 0 Å². The molecule has 2 heteroatoms. The second kappa shape index (κ2) is 6.71. The molecule has 0 aromatic heterocycles. The van der Waals surface area contributed by atoms with Crippen LogP contribution in [0.4, 0.5) is 0 Å². The van der Waals surface area contributed by atoms with Crippen LogP contribution in [-0.4, -0.2) is 6.04 Å². The van der Waals surface area contributed by atoms with Crippen molar-refractivity contribution in [2.45, 2.75) is 52.5 Å². The molecule has 0 amide bonds. The zero-order valence-corrected chi connectivity index (χ0v) is 13.8. The van der Waals surface area contributed by atoms with Crippen LogP contribution in [-0.2, 0) is 0 Å². The van der Waals surface area contributed by atoms with Crippen LogP contribution in [0, 0.1) is 11.3 Å². The number of hydrogen-bond donors (Lipinski definition) is 2. The number of thiol groups is 1. The van der Waals surface area contributed by atoms with Gasteiger partial charge in [0.15, 0.2) is 0 Å². The first-order valence-corrected chi connectivity index (χ1v) is 8.17. The van der Waals surface area contributed by atoms with Gasteiger partial charge in [-0.3, -0.25) is 0 Å². The Morgan fingerprint density at radius 1 is 1.05 bits per heavy atom. The minimum Gasteiger partial charge on any atom is -0.381 e. The van der Waals surface area contributed by atoms with Crippen molar-refractivity contribution < 1.29 is 0 Å². The van der Waals surface area contributed by atoms with Gasteiger partial charge in [-0.25, -0.2) is 0 Å². The van der Waals surface area contributed by atoms with E-state index in [0.29, 0.717) is 11.5 Å². The molecule has 1 nitrogen and oxygen atoms in total. The van der Waals surface area contributed by atoms with E-state index in [-0.39, 0.29) is 0 Å². The van der Waals surface area contributed by atoms with Crippen molar-refractivity contribution in [3.8, 4) is 0 Å². The SMILES string of the molecule is CC1CCCCC(NC2=C/C=C\C=C/C=C\2S)C1(C)C. The van der Waals surface area contributed by atoms with E-state index in [4.69, 9.17) is 0 Å². The van der Waals surface area contributed by atoms with E-state index in [1.54, 1.807) is 0 Å². The third-order valence-electron chi connectivity index (χ3n) is 5.00. The van der Waals surface area contributed by atoms with Crippen LogP contribution < -0.4 is 5.32 Å². The summed E-state index contributed by atoms with van der Waals surface area (Å²) in [5, 5.41) is 3.77. The number of hydrogen-bond acceptors (Lipinski definition) is 2. The van der Waals surface area contributed by atoms with Gasteiger partial charge < -0.3 is 5.32 Å². The maximum absolute atomic E-state index is 4.62. The third-order valence-corrected chi connectivity index (χ3v) is 5.39. The Kier molecular flexibility index (Phi) is 5.20. The summed E-state index contributed by atoms with van der Waals surface area (Å²) < 4.78 is 0. The molecule has 20 heavy (non-hydrogen) atoms. The minimum atomic E-state index is 0.313. The van der Waals surface area contributed by atoms with E-state index in [1.165, 1.54) is 25.7 Å². The molecule has 2 rings (SSSR count). The van der Waals surface area contributed by atoms with Crippen LogP contribution in [0.15, 0.2) is 47.1 Å². The molecule has 1 N–H and O–H groups in total. The highest BCUT2D eigenvalue weighted by molar-refractivity contribution is 7.84. The summed E-state index contributed by atoms with van der Waals surface area (Å²) in [5.41, 5.74) is 1.45. The van der Waals surface area contributed by atoms with Crippen molar-refractivity contribution in [1.29, 1.82) is 0 Å². The maximum atomic E-state index is 4.62. The molecule has 110 valence electrons. The number of nitrogens with one attached hydrogen (secondary N) is 1. The monoisotopic (exact) mass is 289 g/mol. The maximum Gasteiger partial charge on any atom is 0.0478 e. The van der Waals surface area contributed by atoms with E-state index in [0.717, 1.165) is 16.5 Å². The molecule has 0 aromatic carbocycles. The van der Waals surface area contributed by atoms with Crippen molar-refractivity contribution in [1.82, 2.24) is 5.32 Å². The highest BCUT2D eigenvalue weighted by atomic mass is 32.1. The van der Waals surface area contributed by atoms with Gasteiger partial charge in [-0.05, 0) is 29.9 Å². The second-order valence-electron chi connectivity index (χ2n) is 6.61. The van der Waals surface area contributed by atoms with E-state index in [1.807, 2.05) is 12.2 Å². The Balaban J connectivity index is 2.18. The average Bonchev–Trinajstić information content (AvgIpc) is 2.51.